The summed E-state index contributed by atoms with van der Waals surface area (Å²) in [5.41, 5.74) is 1.06. The fourth-order valence-corrected chi connectivity index (χ4v) is 3.89. The SMILES string of the molecule is Cc1cccc(C(C(=O)NC(C)C)N(C(=O)C(CS)NC(=O)OC(C)(C)C)C2CCC2)c1. The molecule has 8 heteroatoms. The summed E-state index contributed by atoms with van der Waals surface area (Å²) in [6.07, 6.45) is 1.94. The zero-order valence-electron chi connectivity index (χ0n) is 20.0. The third kappa shape index (κ3) is 7.15. The van der Waals surface area contributed by atoms with Gasteiger partial charge in [-0.05, 0) is 66.4 Å². The summed E-state index contributed by atoms with van der Waals surface area (Å²) in [6, 6.07) is 5.79. The number of benzene rings is 1. The second kappa shape index (κ2) is 11.1. The minimum absolute atomic E-state index is 0.0752. The van der Waals surface area contributed by atoms with Gasteiger partial charge in [-0.1, -0.05) is 29.8 Å². The zero-order valence-corrected chi connectivity index (χ0v) is 20.9. The lowest BCUT2D eigenvalue weighted by atomic mass is 9.88. The molecule has 1 aliphatic carbocycles. The van der Waals surface area contributed by atoms with Crippen LogP contribution < -0.4 is 10.6 Å². The number of hydrogen-bond acceptors (Lipinski definition) is 5. The molecule has 2 unspecified atom stereocenters. The van der Waals surface area contributed by atoms with Crippen molar-refractivity contribution >= 4 is 30.5 Å². The largest absolute Gasteiger partial charge is 0.444 e. The Kier molecular flexibility index (Phi) is 9.01. The van der Waals surface area contributed by atoms with Gasteiger partial charge in [0, 0.05) is 17.8 Å². The van der Waals surface area contributed by atoms with Gasteiger partial charge in [0.2, 0.25) is 11.8 Å². The molecule has 2 N–H and O–H groups in total. The molecule has 2 atom stereocenters. The Balaban J connectivity index is 2.41. The number of thiol groups is 1. The first-order valence-electron chi connectivity index (χ1n) is 11.2. The van der Waals surface area contributed by atoms with Crippen LogP contribution in [-0.2, 0) is 14.3 Å². The Labute approximate surface area is 197 Å². The molecule has 0 bridgehead atoms. The maximum atomic E-state index is 13.7. The first-order valence-corrected chi connectivity index (χ1v) is 11.9. The molecule has 0 aliphatic heterocycles. The van der Waals surface area contributed by atoms with E-state index in [-0.39, 0.29) is 29.7 Å². The average molecular weight is 464 g/mol. The molecular formula is C24H37N3O4S. The number of aryl methyl sites for hydroxylation is 1. The van der Waals surface area contributed by atoms with Crippen LogP contribution in [0.25, 0.3) is 0 Å². The Morgan fingerprint density at radius 3 is 2.31 bits per heavy atom. The van der Waals surface area contributed by atoms with Crippen molar-refractivity contribution in [3.05, 3.63) is 35.4 Å². The van der Waals surface area contributed by atoms with Crippen molar-refractivity contribution in [1.82, 2.24) is 15.5 Å². The third-order valence-corrected chi connectivity index (χ3v) is 5.57. The Morgan fingerprint density at radius 1 is 1.19 bits per heavy atom. The second-order valence-electron chi connectivity index (χ2n) is 9.69. The van der Waals surface area contributed by atoms with E-state index < -0.39 is 23.8 Å². The lowest BCUT2D eigenvalue weighted by molar-refractivity contribution is -0.147. The number of carbonyl (C=O) groups excluding carboxylic acids is 3. The summed E-state index contributed by atoms with van der Waals surface area (Å²) in [6.45, 7) is 11.0. The van der Waals surface area contributed by atoms with E-state index >= 15 is 0 Å². The van der Waals surface area contributed by atoms with E-state index in [4.69, 9.17) is 4.74 Å². The highest BCUT2D eigenvalue weighted by molar-refractivity contribution is 7.80. The van der Waals surface area contributed by atoms with Gasteiger partial charge in [-0.3, -0.25) is 9.59 Å². The smallest absolute Gasteiger partial charge is 0.408 e. The number of rotatable bonds is 8. The van der Waals surface area contributed by atoms with E-state index in [1.807, 2.05) is 45.0 Å². The van der Waals surface area contributed by atoms with Gasteiger partial charge in [0.1, 0.15) is 17.7 Å². The highest BCUT2D eigenvalue weighted by atomic mass is 32.1. The standard InChI is InChI=1S/C24H37N3O4S/c1-15(2)25-21(28)20(17-10-7-9-16(3)13-17)27(18-11-8-12-18)22(29)19(14-32)26-23(30)31-24(4,5)6/h7,9-10,13,15,18-20,32H,8,11-12,14H2,1-6H3,(H,25,28)(H,26,30). The Morgan fingerprint density at radius 2 is 1.84 bits per heavy atom. The van der Waals surface area contributed by atoms with E-state index in [0.29, 0.717) is 0 Å². The fourth-order valence-electron chi connectivity index (χ4n) is 3.64. The lowest BCUT2D eigenvalue weighted by Crippen LogP contribution is -2.58. The van der Waals surface area contributed by atoms with Crippen molar-refractivity contribution in [3.8, 4) is 0 Å². The Hall–Kier alpha value is -2.22. The van der Waals surface area contributed by atoms with Gasteiger partial charge >= 0.3 is 6.09 Å². The number of alkyl carbamates (subject to hydrolysis) is 1. The minimum Gasteiger partial charge on any atom is -0.444 e. The van der Waals surface area contributed by atoms with Gasteiger partial charge in [-0.25, -0.2) is 4.79 Å². The Bertz CT molecular complexity index is 818. The van der Waals surface area contributed by atoms with E-state index in [2.05, 4.69) is 23.3 Å². The normalized spacial score (nSPS) is 16.0. The van der Waals surface area contributed by atoms with E-state index in [0.717, 1.165) is 30.4 Å². The molecule has 1 aromatic carbocycles. The number of nitrogens with one attached hydrogen (secondary N) is 2. The van der Waals surface area contributed by atoms with Crippen LogP contribution >= 0.6 is 12.6 Å². The predicted octanol–water partition coefficient (Wildman–Crippen LogP) is 3.76. The molecule has 0 saturated heterocycles. The van der Waals surface area contributed by atoms with E-state index in [9.17, 15) is 14.4 Å². The highest BCUT2D eigenvalue weighted by Crippen LogP contribution is 2.34. The molecular weight excluding hydrogens is 426 g/mol. The fraction of sp³-hybridized carbons (Fsp3) is 0.625. The van der Waals surface area contributed by atoms with Crippen molar-refractivity contribution in [2.75, 3.05) is 5.75 Å². The molecule has 1 aromatic rings. The first kappa shape index (κ1) is 26.0. The quantitative estimate of drug-likeness (QED) is 0.512. The van der Waals surface area contributed by atoms with Gasteiger partial charge < -0.3 is 20.3 Å². The van der Waals surface area contributed by atoms with Crippen LogP contribution in [0.3, 0.4) is 0 Å². The molecule has 2 rings (SSSR count). The molecule has 0 radical (unpaired) electrons. The molecule has 0 aromatic heterocycles. The molecule has 1 aliphatic rings. The number of nitrogens with zero attached hydrogens (tertiary/aromatic N) is 1. The van der Waals surface area contributed by atoms with Crippen LogP contribution in [0.4, 0.5) is 4.79 Å². The molecule has 0 spiro atoms. The van der Waals surface area contributed by atoms with Gasteiger partial charge in [-0.15, -0.1) is 0 Å². The van der Waals surface area contributed by atoms with Crippen LogP contribution in [-0.4, -0.2) is 52.3 Å². The average Bonchev–Trinajstić information content (AvgIpc) is 2.61. The molecule has 0 heterocycles. The number of carbonyl (C=O) groups is 3. The van der Waals surface area contributed by atoms with Crippen molar-refractivity contribution in [2.45, 2.75) is 90.6 Å². The first-order chi connectivity index (χ1) is 14.9. The lowest BCUT2D eigenvalue weighted by Gasteiger charge is -2.43. The van der Waals surface area contributed by atoms with Crippen molar-refractivity contribution in [1.29, 1.82) is 0 Å². The predicted molar refractivity (Wildman–Crippen MR) is 129 cm³/mol. The molecule has 32 heavy (non-hydrogen) atoms. The molecule has 1 fully saturated rings. The maximum Gasteiger partial charge on any atom is 0.408 e. The van der Waals surface area contributed by atoms with E-state index in [1.54, 1.807) is 25.7 Å². The summed E-state index contributed by atoms with van der Waals surface area (Å²) < 4.78 is 5.33. The van der Waals surface area contributed by atoms with Crippen molar-refractivity contribution < 1.29 is 19.1 Å². The molecule has 3 amide bonds. The molecule has 1 saturated carbocycles. The zero-order chi connectivity index (χ0) is 24.1. The van der Waals surface area contributed by atoms with E-state index in [1.165, 1.54) is 0 Å². The van der Waals surface area contributed by atoms with Gasteiger partial charge in [0.15, 0.2) is 0 Å². The monoisotopic (exact) mass is 463 g/mol. The van der Waals surface area contributed by atoms with Crippen LogP contribution in [0.1, 0.15) is 71.0 Å². The van der Waals surface area contributed by atoms with Gasteiger partial charge in [-0.2, -0.15) is 12.6 Å². The van der Waals surface area contributed by atoms with Crippen LogP contribution in [0.15, 0.2) is 24.3 Å². The van der Waals surface area contributed by atoms with Gasteiger partial charge in [0.25, 0.3) is 0 Å². The second-order valence-corrected chi connectivity index (χ2v) is 10.1. The maximum absolute atomic E-state index is 13.7. The third-order valence-electron chi connectivity index (χ3n) is 5.21. The summed E-state index contributed by atoms with van der Waals surface area (Å²) in [5.74, 6) is -0.477. The highest BCUT2D eigenvalue weighted by Gasteiger charge is 2.41. The number of hydrogen-bond donors (Lipinski definition) is 3. The molecule has 178 valence electrons. The summed E-state index contributed by atoms with van der Waals surface area (Å²) >= 11 is 4.31. The van der Waals surface area contributed by atoms with Crippen molar-refractivity contribution in [2.24, 2.45) is 0 Å². The summed E-state index contributed by atoms with van der Waals surface area (Å²) in [4.78, 5) is 41.1. The topological polar surface area (TPSA) is 87.7 Å². The molecule has 7 nitrogen and oxygen atoms in total. The van der Waals surface area contributed by atoms with Crippen molar-refractivity contribution in [3.63, 3.8) is 0 Å². The minimum atomic E-state index is -0.909. The van der Waals surface area contributed by atoms with Crippen LogP contribution in [0, 0.1) is 6.92 Å². The number of ether oxygens (including phenoxy) is 1. The van der Waals surface area contributed by atoms with Crippen LogP contribution in [0.2, 0.25) is 0 Å². The summed E-state index contributed by atoms with van der Waals surface area (Å²) in [5, 5.41) is 5.61. The van der Waals surface area contributed by atoms with Crippen LogP contribution in [0.5, 0.6) is 0 Å². The number of amides is 3. The van der Waals surface area contributed by atoms with Gasteiger partial charge in [0.05, 0.1) is 0 Å². The summed E-state index contributed by atoms with van der Waals surface area (Å²) in [7, 11) is 0.